The molecular weight excluding hydrogens is 289 g/mol. The molecule has 124 valence electrons. The first kappa shape index (κ1) is 19.5. The van der Waals surface area contributed by atoms with E-state index >= 15 is 0 Å². The summed E-state index contributed by atoms with van der Waals surface area (Å²) in [6, 6.07) is -1.62. The Morgan fingerprint density at radius 2 is 1.52 bits per heavy atom. The fourth-order valence-electron chi connectivity index (χ4n) is 1.80. The number of alkyl halides is 3. The summed E-state index contributed by atoms with van der Waals surface area (Å²) >= 11 is 0. The van der Waals surface area contributed by atoms with Crippen LogP contribution in [0, 0.1) is 0 Å². The van der Waals surface area contributed by atoms with Crippen LogP contribution in [0.15, 0.2) is 0 Å². The highest BCUT2D eigenvalue weighted by Gasteiger charge is 2.36. The predicted octanol–water partition coefficient (Wildman–Crippen LogP) is 2.95. The SMILES string of the molecule is CC(C)N(CCCC(=O)O)C(=O)N(CC(F)(F)F)C(C)C. The number of rotatable bonds is 7. The highest BCUT2D eigenvalue weighted by Crippen LogP contribution is 2.20. The van der Waals surface area contributed by atoms with Crippen LogP contribution in [0.4, 0.5) is 18.0 Å². The highest BCUT2D eigenvalue weighted by atomic mass is 19.4. The van der Waals surface area contributed by atoms with Gasteiger partial charge in [0.1, 0.15) is 6.54 Å². The molecular formula is C13H23F3N2O3. The topological polar surface area (TPSA) is 60.9 Å². The van der Waals surface area contributed by atoms with Crippen molar-refractivity contribution in [2.75, 3.05) is 13.1 Å². The van der Waals surface area contributed by atoms with Crippen molar-refractivity contribution in [2.24, 2.45) is 0 Å². The Bertz CT molecular complexity index is 357. The molecule has 0 aromatic carbocycles. The first-order chi connectivity index (χ1) is 9.45. The van der Waals surface area contributed by atoms with Crippen LogP contribution in [0.2, 0.25) is 0 Å². The summed E-state index contributed by atoms with van der Waals surface area (Å²) < 4.78 is 37.7. The molecule has 8 heteroatoms. The van der Waals surface area contributed by atoms with Gasteiger partial charge in [0.25, 0.3) is 0 Å². The molecule has 0 rings (SSSR count). The number of aliphatic carboxylic acids is 1. The van der Waals surface area contributed by atoms with Crippen LogP contribution >= 0.6 is 0 Å². The maximum Gasteiger partial charge on any atom is 0.406 e. The second kappa shape index (κ2) is 8.09. The van der Waals surface area contributed by atoms with Crippen LogP contribution in [-0.2, 0) is 4.79 Å². The summed E-state index contributed by atoms with van der Waals surface area (Å²) in [7, 11) is 0. The number of carboxylic acid groups (broad SMARTS) is 1. The van der Waals surface area contributed by atoms with Crippen LogP contribution in [-0.4, -0.2) is 58.3 Å². The van der Waals surface area contributed by atoms with Crippen LogP contribution < -0.4 is 0 Å². The molecule has 0 aliphatic carbocycles. The number of amides is 2. The normalized spacial score (nSPS) is 11.9. The summed E-state index contributed by atoms with van der Waals surface area (Å²) in [4.78, 5) is 24.8. The largest absolute Gasteiger partial charge is 0.481 e. The van der Waals surface area contributed by atoms with Crippen molar-refractivity contribution in [2.45, 2.75) is 58.8 Å². The Kier molecular flexibility index (Phi) is 7.52. The average molecular weight is 312 g/mol. The minimum Gasteiger partial charge on any atom is -0.481 e. The van der Waals surface area contributed by atoms with E-state index in [9.17, 15) is 22.8 Å². The van der Waals surface area contributed by atoms with Gasteiger partial charge in [0, 0.05) is 25.0 Å². The second-order valence-corrected chi connectivity index (χ2v) is 5.40. The van der Waals surface area contributed by atoms with Crippen LogP contribution in [0.25, 0.3) is 0 Å². The first-order valence-electron chi connectivity index (χ1n) is 6.81. The van der Waals surface area contributed by atoms with E-state index in [1.54, 1.807) is 13.8 Å². The van der Waals surface area contributed by atoms with E-state index in [0.717, 1.165) is 4.90 Å². The van der Waals surface area contributed by atoms with Crippen molar-refractivity contribution >= 4 is 12.0 Å². The molecule has 0 aliphatic rings. The highest BCUT2D eigenvalue weighted by molar-refractivity contribution is 5.75. The number of urea groups is 1. The van der Waals surface area contributed by atoms with Gasteiger partial charge in [-0.05, 0) is 34.1 Å². The number of halogens is 3. The standard InChI is InChI=1S/C13H23F3N2O3/c1-9(2)17(7-5-6-11(19)20)12(21)18(10(3)4)8-13(14,15)16/h9-10H,5-8H2,1-4H3,(H,19,20). The number of carbonyl (C=O) groups is 2. The second-order valence-electron chi connectivity index (χ2n) is 5.40. The van der Waals surface area contributed by atoms with Gasteiger partial charge in [-0.2, -0.15) is 13.2 Å². The molecule has 0 unspecified atom stereocenters. The van der Waals surface area contributed by atoms with Crippen molar-refractivity contribution in [3.63, 3.8) is 0 Å². The number of hydrogen-bond acceptors (Lipinski definition) is 2. The lowest BCUT2D eigenvalue weighted by atomic mass is 10.2. The predicted molar refractivity (Wildman–Crippen MR) is 72.0 cm³/mol. The zero-order valence-electron chi connectivity index (χ0n) is 12.8. The van der Waals surface area contributed by atoms with Crippen molar-refractivity contribution in [1.82, 2.24) is 9.80 Å². The van der Waals surface area contributed by atoms with Crippen molar-refractivity contribution in [1.29, 1.82) is 0 Å². The Hall–Kier alpha value is -1.47. The third kappa shape index (κ3) is 7.77. The van der Waals surface area contributed by atoms with Crippen LogP contribution in [0.1, 0.15) is 40.5 Å². The van der Waals surface area contributed by atoms with E-state index in [4.69, 9.17) is 5.11 Å². The van der Waals surface area contributed by atoms with Crippen LogP contribution in [0.5, 0.6) is 0 Å². The third-order valence-corrected chi connectivity index (χ3v) is 2.88. The van der Waals surface area contributed by atoms with Gasteiger partial charge in [-0.15, -0.1) is 0 Å². The van der Waals surface area contributed by atoms with Gasteiger partial charge in [-0.1, -0.05) is 0 Å². The molecule has 0 saturated carbocycles. The van der Waals surface area contributed by atoms with Gasteiger partial charge in [-0.25, -0.2) is 4.79 Å². The maximum atomic E-state index is 12.6. The lowest BCUT2D eigenvalue weighted by Crippen LogP contribution is -2.52. The molecule has 5 nitrogen and oxygen atoms in total. The fourth-order valence-corrected chi connectivity index (χ4v) is 1.80. The first-order valence-corrected chi connectivity index (χ1v) is 6.81. The zero-order valence-corrected chi connectivity index (χ0v) is 12.8. The van der Waals surface area contributed by atoms with Crippen molar-refractivity contribution in [3.05, 3.63) is 0 Å². The van der Waals surface area contributed by atoms with Gasteiger partial charge < -0.3 is 14.9 Å². The number of carbonyl (C=O) groups excluding carboxylic acids is 1. The molecule has 0 fully saturated rings. The Morgan fingerprint density at radius 3 is 1.86 bits per heavy atom. The van der Waals surface area contributed by atoms with Gasteiger partial charge in [0.2, 0.25) is 0 Å². The molecule has 0 spiro atoms. The molecule has 0 aliphatic heterocycles. The number of carboxylic acids is 1. The molecule has 0 aromatic rings. The van der Waals surface area contributed by atoms with Gasteiger partial charge in [-0.3, -0.25) is 4.79 Å². The smallest absolute Gasteiger partial charge is 0.406 e. The Morgan fingerprint density at radius 1 is 1.05 bits per heavy atom. The van der Waals surface area contributed by atoms with Crippen molar-refractivity contribution < 1.29 is 27.9 Å². The minimum absolute atomic E-state index is 0.115. The Labute approximate surface area is 122 Å². The summed E-state index contributed by atoms with van der Waals surface area (Å²) in [6.07, 6.45) is -4.39. The summed E-state index contributed by atoms with van der Waals surface area (Å²) in [5, 5.41) is 8.59. The van der Waals surface area contributed by atoms with Gasteiger partial charge in [0.15, 0.2) is 0 Å². The van der Waals surface area contributed by atoms with Crippen LogP contribution in [0.3, 0.4) is 0 Å². The maximum absolute atomic E-state index is 12.6. The molecule has 0 bridgehead atoms. The molecule has 0 radical (unpaired) electrons. The summed E-state index contributed by atoms with van der Waals surface area (Å²) in [5.74, 6) is -0.998. The molecule has 0 heterocycles. The Balaban J connectivity index is 4.92. The molecule has 21 heavy (non-hydrogen) atoms. The quantitative estimate of drug-likeness (QED) is 0.786. The van der Waals surface area contributed by atoms with E-state index in [1.165, 1.54) is 18.7 Å². The molecule has 0 aromatic heterocycles. The zero-order chi connectivity index (χ0) is 16.8. The van der Waals surface area contributed by atoms with Crippen molar-refractivity contribution in [3.8, 4) is 0 Å². The molecule has 0 saturated heterocycles. The van der Waals surface area contributed by atoms with Gasteiger partial charge >= 0.3 is 18.2 Å². The molecule has 1 N–H and O–H groups in total. The van der Waals surface area contributed by atoms with E-state index in [1.807, 2.05) is 0 Å². The number of nitrogens with zero attached hydrogens (tertiary/aromatic N) is 2. The molecule has 0 atom stereocenters. The number of hydrogen-bond donors (Lipinski definition) is 1. The monoisotopic (exact) mass is 312 g/mol. The summed E-state index contributed by atoms with van der Waals surface area (Å²) in [5.41, 5.74) is 0. The van der Waals surface area contributed by atoms with Gasteiger partial charge in [0.05, 0.1) is 0 Å². The minimum atomic E-state index is -4.47. The lowest BCUT2D eigenvalue weighted by molar-refractivity contribution is -0.144. The average Bonchev–Trinajstić information content (AvgIpc) is 2.28. The summed E-state index contributed by atoms with van der Waals surface area (Å²) in [6.45, 7) is 5.20. The van der Waals surface area contributed by atoms with E-state index in [-0.39, 0.29) is 25.4 Å². The fraction of sp³-hybridized carbons (Fsp3) is 0.846. The van der Waals surface area contributed by atoms with E-state index in [0.29, 0.717) is 0 Å². The van der Waals surface area contributed by atoms with E-state index < -0.39 is 30.8 Å². The third-order valence-electron chi connectivity index (χ3n) is 2.88. The molecule has 2 amide bonds. The van der Waals surface area contributed by atoms with E-state index in [2.05, 4.69) is 0 Å². The lowest BCUT2D eigenvalue weighted by Gasteiger charge is -2.35.